The highest BCUT2D eigenvalue weighted by Gasteiger charge is 2.62. The molecule has 3 nitrogen and oxygen atoms in total. The second-order valence-corrected chi connectivity index (χ2v) is 3.40. The maximum Gasteiger partial charge on any atom is 0.238 e. The van der Waals surface area contributed by atoms with Gasteiger partial charge in [0, 0.05) is 0 Å². The van der Waals surface area contributed by atoms with Crippen molar-refractivity contribution in [1.82, 2.24) is 0 Å². The van der Waals surface area contributed by atoms with Crippen LogP contribution in [0.3, 0.4) is 0 Å². The van der Waals surface area contributed by atoms with Gasteiger partial charge in [0.2, 0.25) is 5.91 Å². The van der Waals surface area contributed by atoms with Crippen molar-refractivity contribution in [1.29, 1.82) is 0 Å². The van der Waals surface area contributed by atoms with E-state index >= 15 is 0 Å². The monoisotopic (exact) mass is 128 g/mol. The predicted octanol–water partition coefficient (Wildman–Crippen LogP) is -0.401. The standard InChI is InChI=1S/C6H12N2O/c1-5(2)3-6(5,8)4(7)9/h3,8H2,1-2H3,(H2,7,9). The van der Waals surface area contributed by atoms with Crippen molar-refractivity contribution in [3.63, 3.8) is 0 Å². The van der Waals surface area contributed by atoms with Crippen LogP contribution in [-0.2, 0) is 4.79 Å². The summed E-state index contributed by atoms with van der Waals surface area (Å²) in [6.07, 6.45) is 0.718. The fourth-order valence-corrected chi connectivity index (χ4v) is 1.07. The highest BCUT2D eigenvalue weighted by molar-refractivity contribution is 5.89. The lowest BCUT2D eigenvalue weighted by molar-refractivity contribution is -0.120. The molecule has 1 amide bonds. The molecule has 1 fully saturated rings. The number of nitrogens with two attached hydrogens (primary N) is 2. The van der Waals surface area contributed by atoms with Gasteiger partial charge in [-0.3, -0.25) is 4.79 Å². The molecule has 4 N–H and O–H groups in total. The molecule has 0 heterocycles. The Hall–Kier alpha value is -0.570. The van der Waals surface area contributed by atoms with Crippen molar-refractivity contribution >= 4 is 5.91 Å². The Balaban J connectivity index is 2.74. The number of hydrogen-bond acceptors (Lipinski definition) is 2. The van der Waals surface area contributed by atoms with E-state index in [9.17, 15) is 4.79 Å². The van der Waals surface area contributed by atoms with Gasteiger partial charge in [-0.15, -0.1) is 0 Å². The molecule has 1 saturated carbocycles. The highest BCUT2D eigenvalue weighted by atomic mass is 16.1. The van der Waals surface area contributed by atoms with Crippen molar-refractivity contribution in [2.75, 3.05) is 0 Å². The van der Waals surface area contributed by atoms with Gasteiger partial charge in [0.1, 0.15) is 5.54 Å². The van der Waals surface area contributed by atoms with E-state index < -0.39 is 5.54 Å². The minimum atomic E-state index is -0.715. The summed E-state index contributed by atoms with van der Waals surface area (Å²) in [5.74, 6) is -0.382. The molecule has 0 aromatic rings. The molecule has 0 spiro atoms. The van der Waals surface area contributed by atoms with Gasteiger partial charge in [-0.2, -0.15) is 0 Å². The quantitative estimate of drug-likeness (QED) is 0.504. The van der Waals surface area contributed by atoms with Crippen LogP contribution in [0.4, 0.5) is 0 Å². The normalized spacial score (nSPS) is 38.1. The van der Waals surface area contributed by atoms with Gasteiger partial charge < -0.3 is 11.5 Å². The Labute approximate surface area is 54.4 Å². The maximum atomic E-state index is 10.6. The lowest BCUT2D eigenvalue weighted by Gasteiger charge is -2.08. The minimum Gasteiger partial charge on any atom is -0.368 e. The fourth-order valence-electron chi connectivity index (χ4n) is 1.07. The van der Waals surface area contributed by atoms with Crippen LogP contribution in [0.2, 0.25) is 0 Å². The first-order valence-corrected chi connectivity index (χ1v) is 2.99. The first-order valence-electron chi connectivity index (χ1n) is 2.99. The van der Waals surface area contributed by atoms with Gasteiger partial charge in [0.05, 0.1) is 0 Å². The van der Waals surface area contributed by atoms with Crippen LogP contribution in [0.1, 0.15) is 20.3 Å². The SMILES string of the molecule is CC1(C)CC1(N)C(N)=O. The molecule has 0 saturated heterocycles. The molecule has 52 valence electrons. The van der Waals surface area contributed by atoms with Gasteiger partial charge in [-0.25, -0.2) is 0 Å². The van der Waals surface area contributed by atoms with Gasteiger partial charge in [-0.05, 0) is 11.8 Å². The van der Waals surface area contributed by atoms with E-state index in [0.717, 1.165) is 6.42 Å². The molecule has 3 heteroatoms. The number of carbonyl (C=O) groups is 1. The van der Waals surface area contributed by atoms with Crippen LogP contribution in [0.15, 0.2) is 0 Å². The summed E-state index contributed by atoms with van der Waals surface area (Å²) in [7, 11) is 0. The molecule has 1 rings (SSSR count). The smallest absolute Gasteiger partial charge is 0.238 e. The van der Waals surface area contributed by atoms with E-state index in [1.165, 1.54) is 0 Å². The lowest BCUT2D eigenvalue weighted by atomic mass is 10.1. The molecule has 0 aromatic carbocycles. The lowest BCUT2D eigenvalue weighted by Crippen LogP contribution is -2.42. The molecule has 0 aliphatic heterocycles. The second kappa shape index (κ2) is 1.29. The van der Waals surface area contributed by atoms with E-state index in [1.807, 2.05) is 13.8 Å². The van der Waals surface area contributed by atoms with Gasteiger partial charge in [-0.1, -0.05) is 13.8 Å². The zero-order valence-corrected chi connectivity index (χ0v) is 5.77. The highest BCUT2D eigenvalue weighted by Crippen LogP contribution is 2.53. The van der Waals surface area contributed by atoms with Crippen LogP contribution >= 0.6 is 0 Å². The first-order chi connectivity index (χ1) is 3.90. The molecule has 0 aromatic heterocycles. The summed E-state index contributed by atoms with van der Waals surface area (Å²) in [5, 5.41) is 0. The molecule has 0 bridgehead atoms. The fraction of sp³-hybridized carbons (Fsp3) is 0.833. The average Bonchev–Trinajstić information content (AvgIpc) is 2.08. The molecule has 9 heavy (non-hydrogen) atoms. The third-order valence-corrected chi connectivity index (χ3v) is 2.24. The Kier molecular flexibility index (Phi) is 0.939. The van der Waals surface area contributed by atoms with Crippen molar-refractivity contribution < 1.29 is 4.79 Å². The maximum absolute atomic E-state index is 10.6. The Bertz CT molecular complexity index is 164. The van der Waals surface area contributed by atoms with Crippen molar-refractivity contribution in [2.24, 2.45) is 16.9 Å². The third kappa shape index (κ3) is 0.645. The molecule has 1 unspecified atom stereocenters. The Morgan fingerprint density at radius 3 is 1.89 bits per heavy atom. The Morgan fingerprint density at radius 1 is 1.56 bits per heavy atom. The van der Waals surface area contributed by atoms with Gasteiger partial charge in [0.15, 0.2) is 0 Å². The van der Waals surface area contributed by atoms with E-state index in [1.54, 1.807) is 0 Å². The number of hydrogen-bond donors (Lipinski definition) is 2. The van der Waals surface area contributed by atoms with E-state index in [2.05, 4.69) is 0 Å². The number of primary amides is 1. The predicted molar refractivity (Wildman–Crippen MR) is 34.5 cm³/mol. The average molecular weight is 128 g/mol. The van der Waals surface area contributed by atoms with Crippen LogP contribution in [0.5, 0.6) is 0 Å². The number of rotatable bonds is 1. The van der Waals surface area contributed by atoms with Crippen LogP contribution in [0, 0.1) is 5.41 Å². The zero-order valence-electron chi connectivity index (χ0n) is 5.77. The molecule has 1 aliphatic carbocycles. The summed E-state index contributed by atoms with van der Waals surface area (Å²) in [6, 6.07) is 0. The van der Waals surface area contributed by atoms with Crippen LogP contribution < -0.4 is 11.5 Å². The minimum absolute atomic E-state index is 0.0706. The number of carbonyl (C=O) groups excluding carboxylic acids is 1. The molecule has 1 atom stereocenters. The first kappa shape index (κ1) is 6.55. The van der Waals surface area contributed by atoms with E-state index in [-0.39, 0.29) is 11.3 Å². The Morgan fingerprint density at radius 2 is 1.89 bits per heavy atom. The van der Waals surface area contributed by atoms with Crippen molar-refractivity contribution in [3.8, 4) is 0 Å². The molecular formula is C6H12N2O. The molecule has 1 aliphatic rings. The zero-order chi connectivity index (χ0) is 7.28. The summed E-state index contributed by atoms with van der Waals surface area (Å²) >= 11 is 0. The topological polar surface area (TPSA) is 69.1 Å². The van der Waals surface area contributed by atoms with Gasteiger partial charge in [0.25, 0.3) is 0 Å². The third-order valence-electron chi connectivity index (χ3n) is 2.24. The summed E-state index contributed by atoms with van der Waals surface area (Å²) in [6.45, 7) is 3.88. The summed E-state index contributed by atoms with van der Waals surface area (Å²) in [5.41, 5.74) is 9.85. The summed E-state index contributed by atoms with van der Waals surface area (Å²) in [4.78, 5) is 10.6. The molecule has 0 radical (unpaired) electrons. The van der Waals surface area contributed by atoms with E-state index in [0.29, 0.717) is 0 Å². The largest absolute Gasteiger partial charge is 0.368 e. The van der Waals surface area contributed by atoms with Crippen LogP contribution in [0.25, 0.3) is 0 Å². The van der Waals surface area contributed by atoms with Crippen molar-refractivity contribution in [2.45, 2.75) is 25.8 Å². The number of amides is 1. The van der Waals surface area contributed by atoms with Crippen LogP contribution in [-0.4, -0.2) is 11.4 Å². The van der Waals surface area contributed by atoms with Crippen molar-refractivity contribution in [3.05, 3.63) is 0 Å². The second-order valence-electron chi connectivity index (χ2n) is 3.40. The van der Waals surface area contributed by atoms with Gasteiger partial charge >= 0.3 is 0 Å². The molecular weight excluding hydrogens is 116 g/mol. The summed E-state index contributed by atoms with van der Waals surface area (Å²) < 4.78 is 0. The van der Waals surface area contributed by atoms with E-state index in [4.69, 9.17) is 11.5 Å².